The number of likely N-dealkylation sites (N-methyl/N-ethyl adjacent to an activating group) is 1. The van der Waals surface area contributed by atoms with Crippen LogP contribution in [0.5, 0.6) is 0 Å². The molecular formula is C22H37N5O2S. The summed E-state index contributed by atoms with van der Waals surface area (Å²) < 4.78 is 5.43. The standard InChI is InChI=1S/C22H37N5O2S/c1-26(2)20(28)17-24-21(23-10-11-27-12-14-29-15-13-27)25-18-22(8-4-3-5-9-22)19-7-6-16-30-19/h6-7,16H,3-5,8-15,17-18H2,1-2H3,(H2,23,24,25). The van der Waals surface area contributed by atoms with E-state index < -0.39 is 0 Å². The fraction of sp³-hybridized carbons (Fsp3) is 0.727. The van der Waals surface area contributed by atoms with Crippen LogP contribution in [0.3, 0.4) is 0 Å². The molecule has 1 aliphatic heterocycles. The van der Waals surface area contributed by atoms with Crippen molar-refractivity contribution in [3.05, 3.63) is 22.4 Å². The summed E-state index contributed by atoms with van der Waals surface area (Å²) in [6.45, 7) is 6.32. The highest BCUT2D eigenvalue weighted by Gasteiger charge is 2.34. The van der Waals surface area contributed by atoms with Crippen molar-refractivity contribution < 1.29 is 9.53 Å². The van der Waals surface area contributed by atoms with Gasteiger partial charge in [0, 0.05) is 57.1 Å². The van der Waals surface area contributed by atoms with E-state index in [9.17, 15) is 4.79 Å². The number of thiophene rings is 1. The SMILES string of the molecule is CN(C)C(=O)CN=C(NCCN1CCOCC1)NCC1(c2cccs2)CCCCC1. The zero-order chi connectivity index (χ0) is 21.2. The van der Waals surface area contributed by atoms with Crippen LogP contribution in [0.4, 0.5) is 0 Å². The molecule has 2 N–H and O–H groups in total. The lowest BCUT2D eigenvalue weighted by Gasteiger charge is -2.37. The first-order valence-electron chi connectivity index (χ1n) is 11.2. The lowest BCUT2D eigenvalue weighted by atomic mass is 9.73. The Hall–Kier alpha value is -1.64. The van der Waals surface area contributed by atoms with E-state index in [1.165, 1.54) is 37.0 Å². The van der Waals surface area contributed by atoms with E-state index in [4.69, 9.17) is 4.74 Å². The summed E-state index contributed by atoms with van der Waals surface area (Å²) in [6, 6.07) is 4.43. The van der Waals surface area contributed by atoms with Gasteiger partial charge in [-0.05, 0) is 24.3 Å². The van der Waals surface area contributed by atoms with Crippen molar-refractivity contribution in [3.8, 4) is 0 Å². The maximum Gasteiger partial charge on any atom is 0.243 e. The Morgan fingerprint density at radius 3 is 2.67 bits per heavy atom. The first-order chi connectivity index (χ1) is 14.6. The van der Waals surface area contributed by atoms with Crippen LogP contribution in [-0.4, -0.2) is 88.2 Å². The number of ether oxygens (including phenoxy) is 1. The third-order valence-electron chi connectivity index (χ3n) is 6.14. The van der Waals surface area contributed by atoms with E-state index in [2.05, 4.69) is 38.0 Å². The van der Waals surface area contributed by atoms with E-state index in [0.717, 1.165) is 51.9 Å². The first kappa shape index (κ1) is 23.0. The average molecular weight is 436 g/mol. The van der Waals surface area contributed by atoms with Gasteiger partial charge in [-0.25, -0.2) is 4.99 Å². The lowest BCUT2D eigenvalue weighted by molar-refractivity contribution is -0.127. The van der Waals surface area contributed by atoms with Crippen LogP contribution in [-0.2, 0) is 14.9 Å². The van der Waals surface area contributed by atoms with Crippen LogP contribution in [0, 0.1) is 0 Å². The number of hydrogen-bond acceptors (Lipinski definition) is 5. The molecule has 0 radical (unpaired) electrons. The zero-order valence-corrected chi connectivity index (χ0v) is 19.3. The first-order valence-corrected chi connectivity index (χ1v) is 12.0. The highest BCUT2D eigenvalue weighted by Crippen LogP contribution is 2.41. The molecule has 2 heterocycles. The monoisotopic (exact) mass is 435 g/mol. The fourth-order valence-electron chi connectivity index (χ4n) is 4.19. The summed E-state index contributed by atoms with van der Waals surface area (Å²) in [6.07, 6.45) is 6.28. The minimum atomic E-state index is 0.00918. The Balaban J connectivity index is 1.61. The number of nitrogens with one attached hydrogen (secondary N) is 2. The minimum absolute atomic E-state index is 0.00918. The predicted octanol–water partition coefficient (Wildman–Crippen LogP) is 1.91. The Bertz CT molecular complexity index is 665. The van der Waals surface area contributed by atoms with Crippen molar-refractivity contribution in [2.75, 3.05) is 66.6 Å². The summed E-state index contributed by atoms with van der Waals surface area (Å²) in [7, 11) is 3.54. The van der Waals surface area contributed by atoms with E-state index in [-0.39, 0.29) is 17.9 Å². The normalized spacial score (nSPS) is 20.0. The van der Waals surface area contributed by atoms with Crippen molar-refractivity contribution in [1.29, 1.82) is 0 Å². The molecule has 3 rings (SSSR count). The van der Waals surface area contributed by atoms with Gasteiger partial charge in [0.25, 0.3) is 0 Å². The Labute approximate surface area is 184 Å². The number of nitrogens with zero attached hydrogens (tertiary/aromatic N) is 3. The Kier molecular flexibility index (Phi) is 8.96. The molecule has 0 spiro atoms. The minimum Gasteiger partial charge on any atom is -0.379 e. The van der Waals surface area contributed by atoms with Crippen LogP contribution in [0.15, 0.2) is 22.5 Å². The third-order valence-corrected chi connectivity index (χ3v) is 7.26. The Morgan fingerprint density at radius 1 is 1.23 bits per heavy atom. The second-order valence-electron chi connectivity index (χ2n) is 8.51. The molecule has 1 saturated carbocycles. The fourth-order valence-corrected chi connectivity index (χ4v) is 5.18. The van der Waals surface area contributed by atoms with Gasteiger partial charge in [0.1, 0.15) is 6.54 Å². The van der Waals surface area contributed by atoms with Crippen LogP contribution in [0.25, 0.3) is 0 Å². The number of carbonyl (C=O) groups excluding carboxylic acids is 1. The molecular weight excluding hydrogens is 398 g/mol. The van der Waals surface area contributed by atoms with Crippen molar-refractivity contribution in [1.82, 2.24) is 20.4 Å². The molecule has 1 saturated heterocycles. The van der Waals surface area contributed by atoms with Crippen LogP contribution in [0.1, 0.15) is 37.0 Å². The summed E-state index contributed by atoms with van der Waals surface area (Å²) in [5.41, 5.74) is 0.171. The number of amides is 1. The van der Waals surface area contributed by atoms with Gasteiger partial charge < -0.3 is 20.3 Å². The van der Waals surface area contributed by atoms with Gasteiger partial charge in [0.05, 0.1) is 13.2 Å². The highest BCUT2D eigenvalue weighted by molar-refractivity contribution is 7.10. The van der Waals surface area contributed by atoms with E-state index in [0.29, 0.717) is 0 Å². The second kappa shape index (κ2) is 11.7. The molecule has 2 aliphatic rings. The lowest BCUT2D eigenvalue weighted by Crippen LogP contribution is -2.48. The van der Waals surface area contributed by atoms with Gasteiger partial charge in [-0.2, -0.15) is 0 Å². The molecule has 0 unspecified atom stereocenters. The number of aliphatic imine (C=N–C) groups is 1. The Morgan fingerprint density at radius 2 is 2.00 bits per heavy atom. The smallest absolute Gasteiger partial charge is 0.243 e. The molecule has 7 nitrogen and oxygen atoms in total. The molecule has 30 heavy (non-hydrogen) atoms. The summed E-state index contributed by atoms with van der Waals surface area (Å²) in [5.74, 6) is 0.745. The highest BCUT2D eigenvalue weighted by atomic mass is 32.1. The molecule has 0 atom stereocenters. The summed E-state index contributed by atoms with van der Waals surface area (Å²) in [4.78, 5) is 22.1. The van der Waals surface area contributed by atoms with Gasteiger partial charge in [-0.1, -0.05) is 25.3 Å². The van der Waals surface area contributed by atoms with Gasteiger partial charge >= 0.3 is 0 Å². The van der Waals surface area contributed by atoms with Crippen molar-refractivity contribution in [2.45, 2.75) is 37.5 Å². The number of carbonyl (C=O) groups is 1. The van der Waals surface area contributed by atoms with E-state index in [1.54, 1.807) is 19.0 Å². The van der Waals surface area contributed by atoms with Crippen molar-refractivity contribution in [2.24, 2.45) is 4.99 Å². The van der Waals surface area contributed by atoms with Crippen molar-refractivity contribution in [3.63, 3.8) is 0 Å². The average Bonchev–Trinajstić information content (AvgIpc) is 3.32. The van der Waals surface area contributed by atoms with E-state index >= 15 is 0 Å². The van der Waals surface area contributed by atoms with Crippen LogP contribution in [0.2, 0.25) is 0 Å². The zero-order valence-electron chi connectivity index (χ0n) is 18.5. The molecule has 0 aromatic carbocycles. The molecule has 2 fully saturated rings. The molecule has 8 heteroatoms. The predicted molar refractivity (Wildman–Crippen MR) is 123 cm³/mol. The van der Waals surface area contributed by atoms with Crippen molar-refractivity contribution >= 4 is 23.2 Å². The maximum atomic E-state index is 12.1. The largest absolute Gasteiger partial charge is 0.379 e. The number of hydrogen-bond donors (Lipinski definition) is 2. The second-order valence-corrected chi connectivity index (χ2v) is 9.45. The molecule has 1 aliphatic carbocycles. The molecule has 1 aromatic rings. The number of morpholine rings is 1. The number of rotatable bonds is 8. The van der Waals surface area contributed by atoms with Gasteiger partial charge in [-0.15, -0.1) is 11.3 Å². The summed E-state index contributed by atoms with van der Waals surface area (Å²) >= 11 is 1.86. The number of guanidine groups is 1. The van der Waals surface area contributed by atoms with Gasteiger partial charge in [-0.3, -0.25) is 9.69 Å². The van der Waals surface area contributed by atoms with Crippen LogP contribution < -0.4 is 10.6 Å². The summed E-state index contributed by atoms with van der Waals surface area (Å²) in [5, 5.41) is 9.21. The van der Waals surface area contributed by atoms with E-state index in [1.807, 2.05) is 11.3 Å². The van der Waals surface area contributed by atoms with Gasteiger partial charge in [0.2, 0.25) is 5.91 Å². The third kappa shape index (κ3) is 6.68. The molecule has 1 amide bonds. The molecule has 0 bridgehead atoms. The van der Waals surface area contributed by atoms with Crippen LogP contribution >= 0.6 is 11.3 Å². The molecule has 1 aromatic heterocycles. The molecule has 168 valence electrons. The van der Waals surface area contributed by atoms with Gasteiger partial charge in [0.15, 0.2) is 5.96 Å². The topological polar surface area (TPSA) is 69.2 Å². The maximum absolute atomic E-state index is 12.1. The quantitative estimate of drug-likeness (QED) is 0.482.